The molecule has 3 nitrogen and oxygen atoms in total. The van der Waals surface area contributed by atoms with Crippen LogP contribution in [0.1, 0.15) is 21.4 Å². The van der Waals surface area contributed by atoms with Crippen LogP contribution < -0.4 is 16.0 Å². The molecule has 0 fully saturated rings. The molecule has 5 heteroatoms. The lowest BCUT2D eigenvalue weighted by Crippen LogP contribution is -2.27. The first-order valence-electron chi connectivity index (χ1n) is 4.88. The summed E-state index contributed by atoms with van der Waals surface area (Å²) in [4.78, 5) is 2.45. The predicted octanol–water partition coefficient (Wildman–Crippen LogP) is 2.68. The fourth-order valence-electron chi connectivity index (χ4n) is 1.55. The number of rotatable bonds is 4. The maximum atomic E-state index is 5.62. The summed E-state index contributed by atoms with van der Waals surface area (Å²) >= 11 is 3.38. The van der Waals surface area contributed by atoms with Crippen LogP contribution in [0.25, 0.3) is 0 Å². The molecule has 0 saturated carbocycles. The quantitative estimate of drug-likeness (QED) is 0.651. The van der Waals surface area contributed by atoms with Crippen LogP contribution in [0.3, 0.4) is 0 Å². The van der Waals surface area contributed by atoms with Crippen molar-refractivity contribution in [3.05, 3.63) is 38.2 Å². The van der Waals surface area contributed by atoms with Crippen LogP contribution in [-0.2, 0) is 0 Å². The van der Waals surface area contributed by atoms with Crippen LogP contribution in [0.4, 0.5) is 0 Å². The molecule has 1 atom stereocenters. The molecule has 1 unspecified atom stereocenters. The molecule has 16 heavy (non-hydrogen) atoms. The van der Waals surface area contributed by atoms with Crippen LogP contribution in [0.5, 0.6) is 5.75 Å². The van der Waals surface area contributed by atoms with Crippen molar-refractivity contribution in [3.8, 4) is 5.75 Å². The Morgan fingerprint density at radius 2 is 2.12 bits per heavy atom. The Morgan fingerprint density at radius 1 is 1.31 bits per heavy atom. The molecule has 0 amide bonds. The number of hydrogen-bond acceptors (Lipinski definition) is 5. The number of aryl methyl sites for hydroxylation is 1. The van der Waals surface area contributed by atoms with E-state index in [-0.39, 0.29) is 6.04 Å². The van der Waals surface area contributed by atoms with Gasteiger partial charge in [0.05, 0.1) is 13.2 Å². The lowest BCUT2D eigenvalue weighted by molar-refractivity contribution is 0.416. The molecule has 2 heterocycles. The van der Waals surface area contributed by atoms with E-state index >= 15 is 0 Å². The first-order chi connectivity index (χ1) is 7.74. The van der Waals surface area contributed by atoms with Gasteiger partial charge in [-0.1, -0.05) is 0 Å². The van der Waals surface area contributed by atoms with Gasteiger partial charge >= 0.3 is 0 Å². The average Bonchev–Trinajstić information content (AvgIpc) is 2.89. The highest BCUT2D eigenvalue weighted by Gasteiger charge is 2.16. The van der Waals surface area contributed by atoms with Crippen molar-refractivity contribution >= 4 is 22.7 Å². The van der Waals surface area contributed by atoms with Gasteiger partial charge in [0, 0.05) is 15.1 Å². The van der Waals surface area contributed by atoms with Gasteiger partial charge in [0.25, 0.3) is 0 Å². The molecule has 0 aliphatic heterocycles. The third-order valence-corrected chi connectivity index (χ3v) is 4.22. The van der Waals surface area contributed by atoms with Crippen molar-refractivity contribution in [2.24, 2.45) is 5.84 Å². The summed E-state index contributed by atoms with van der Waals surface area (Å²) in [5.74, 6) is 6.50. The standard InChI is InChI=1S/C11H14N2OS2/c1-7-3-8(5-15-7)11(13-12)10-4-9(14-2)6-16-10/h3-6,11,13H,12H2,1-2H3. The highest BCUT2D eigenvalue weighted by Crippen LogP contribution is 2.32. The molecule has 0 radical (unpaired) electrons. The zero-order valence-electron chi connectivity index (χ0n) is 9.19. The Bertz CT molecular complexity index is 464. The van der Waals surface area contributed by atoms with Gasteiger partial charge in [0.15, 0.2) is 0 Å². The molecule has 0 aromatic carbocycles. The van der Waals surface area contributed by atoms with Gasteiger partial charge in [-0.25, -0.2) is 5.43 Å². The zero-order chi connectivity index (χ0) is 11.5. The minimum Gasteiger partial charge on any atom is -0.496 e. The van der Waals surface area contributed by atoms with Crippen LogP contribution in [0, 0.1) is 6.92 Å². The van der Waals surface area contributed by atoms with E-state index < -0.39 is 0 Å². The highest BCUT2D eigenvalue weighted by atomic mass is 32.1. The number of ether oxygens (including phenoxy) is 1. The maximum absolute atomic E-state index is 5.62. The number of nitrogens with two attached hydrogens (primary N) is 1. The van der Waals surface area contributed by atoms with Crippen molar-refractivity contribution in [2.45, 2.75) is 13.0 Å². The van der Waals surface area contributed by atoms with Gasteiger partial charge in [-0.05, 0) is 30.0 Å². The van der Waals surface area contributed by atoms with Crippen molar-refractivity contribution in [3.63, 3.8) is 0 Å². The second-order valence-electron chi connectivity index (χ2n) is 3.48. The van der Waals surface area contributed by atoms with E-state index in [0.717, 1.165) is 10.6 Å². The predicted molar refractivity (Wildman–Crippen MR) is 69.1 cm³/mol. The fourth-order valence-corrected chi connectivity index (χ4v) is 3.22. The summed E-state index contributed by atoms with van der Waals surface area (Å²) in [6, 6.07) is 4.22. The summed E-state index contributed by atoms with van der Waals surface area (Å²) in [5, 5.41) is 4.12. The third kappa shape index (κ3) is 2.27. The molecule has 2 aromatic rings. The third-order valence-electron chi connectivity index (χ3n) is 2.37. The normalized spacial score (nSPS) is 12.7. The van der Waals surface area contributed by atoms with Crippen LogP contribution in [0.15, 0.2) is 22.9 Å². The van der Waals surface area contributed by atoms with Crippen molar-refractivity contribution in [2.75, 3.05) is 7.11 Å². The fraction of sp³-hybridized carbons (Fsp3) is 0.273. The summed E-state index contributed by atoms with van der Waals surface area (Å²) in [6.45, 7) is 2.09. The minimum absolute atomic E-state index is 0.0545. The second kappa shape index (κ2) is 4.97. The molecule has 86 valence electrons. The molecule has 0 saturated heterocycles. The van der Waals surface area contributed by atoms with Gasteiger partial charge in [-0.2, -0.15) is 0 Å². The van der Waals surface area contributed by atoms with Gasteiger partial charge in [-0.15, -0.1) is 22.7 Å². The van der Waals surface area contributed by atoms with Crippen molar-refractivity contribution in [1.82, 2.24) is 5.43 Å². The number of nitrogens with one attached hydrogen (secondary N) is 1. The number of thiophene rings is 2. The molecular weight excluding hydrogens is 240 g/mol. The van der Waals surface area contributed by atoms with Crippen molar-refractivity contribution < 1.29 is 4.74 Å². The largest absolute Gasteiger partial charge is 0.496 e. The van der Waals surface area contributed by atoms with Crippen LogP contribution in [-0.4, -0.2) is 7.11 Å². The summed E-state index contributed by atoms with van der Waals surface area (Å²) < 4.78 is 5.18. The Morgan fingerprint density at radius 3 is 2.62 bits per heavy atom. The number of methoxy groups -OCH3 is 1. The van der Waals surface area contributed by atoms with Gasteiger partial charge in [-0.3, -0.25) is 5.84 Å². The Labute approximate surface area is 103 Å². The lowest BCUT2D eigenvalue weighted by atomic mass is 10.1. The van der Waals surface area contributed by atoms with E-state index in [1.54, 1.807) is 29.8 Å². The van der Waals surface area contributed by atoms with Crippen molar-refractivity contribution in [1.29, 1.82) is 0 Å². The van der Waals surface area contributed by atoms with E-state index in [1.807, 2.05) is 11.4 Å². The van der Waals surface area contributed by atoms with E-state index in [0.29, 0.717) is 0 Å². The van der Waals surface area contributed by atoms with Crippen LogP contribution >= 0.6 is 22.7 Å². The molecule has 3 N–H and O–H groups in total. The second-order valence-corrected chi connectivity index (χ2v) is 5.54. The smallest absolute Gasteiger partial charge is 0.129 e. The minimum atomic E-state index is 0.0545. The summed E-state index contributed by atoms with van der Waals surface area (Å²) in [6.07, 6.45) is 0. The van der Waals surface area contributed by atoms with E-state index in [4.69, 9.17) is 10.6 Å². The molecule has 0 bridgehead atoms. The molecule has 0 aliphatic rings. The van der Waals surface area contributed by atoms with Gasteiger partial charge in [0.2, 0.25) is 0 Å². The van der Waals surface area contributed by atoms with E-state index in [2.05, 4.69) is 23.8 Å². The molecule has 2 rings (SSSR count). The van der Waals surface area contributed by atoms with Crippen LogP contribution in [0.2, 0.25) is 0 Å². The van der Waals surface area contributed by atoms with E-state index in [9.17, 15) is 0 Å². The summed E-state index contributed by atoms with van der Waals surface area (Å²) in [5.41, 5.74) is 4.05. The Kier molecular flexibility index (Phi) is 3.60. The topological polar surface area (TPSA) is 47.3 Å². The van der Waals surface area contributed by atoms with E-state index in [1.165, 1.54) is 10.4 Å². The number of hydrazine groups is 1. The molecule has 0 aliphatic carbocycles. The lowest BCUT2D eigenvalue weighted by Gasteiger charge is -2.12. The SMILES string of the molecule is COc1csc(C(NN)c2csc(C)c2)c1. The maximum Gasteiger partial charge on any atom is 0.129 e. The van der Waals surface area contributed by atoms with Gasteiger partial charge < -0.3 is 4.74 Å². The number of hydrogen-bond donors (Lipinski definition) is 2. The monoisotopic (exact) mass is 254 g/mol. The van der Waals surface area contributed by atoms with Gasteiger partial charge in [0.1, 0.15) is 5.75 Å². The Hall–Kier alpha value is -0.880. The average molecular weight is 254 g/mol. The zero-order valence-corrected chi connectivity index (χ0v) is 10.8. The Balaban J connectivity index is 2.28. The molecule has 0 spiro atoms. The highest BCUT2D eigenvalue weighted by molar-refractivity contribution is 7.10. The summed E-state index contributed by atoms with van der Waals surface area (Å²) in [7, 11) is 1.67. The first kappa shape index (κ1) is 11.6. The molecular formula is C11H14N2OS2. The first-order valence-corrected chi connectivity index (χ1v) is 6.64. The molecule has 2 aromatic heterocycles.